The highest BCUT2D eigenvalue weighted by Crippen LogP contribution is 2.19. The number of likely N-dealkylation sites (tertiary alicyclic amines) is 1. The van der Waals surface area contributed by atoms with Gasteiger partial charge in [0.25, 0.3) is 0 Å². The monoisotopic (exact) mass is 299 g/mol. The lowest BCUT2D eigenvalue weighted by Crippen LogP contribution is -2.38. The second-order valence-corrected chi connectivity index (χ2v) is 6.27. The number of hydrogen-bond donors (Lipinski definition) is 0. The van der Waals surface area contributed by atoms with E-state index in [2.05, 4.69) is 36.8 Å². The van der Waals surface area contributed by atoms with Gasteiger partial charge >= 0.3 is 0 Å². The SMILES string of the molecule is Cc1nc(C)n(CC2CCCN(CCc3ccccn3)C2)n1. The minimum atomic E-state index is 0.678. The Hall–Kier alpha value is -1.75. The molecule has 0 N–H and O–H groups in total. The summed E-state index contributed by atoms with van der Waals surface area (Å²) in [7, 11) is 0. The van der Waals surface area contributed by atoms with Crippen LogP contribution in [0.3, 0.4) is 0 Å². The van der Waals surface area contributed by atoms with Crippen molar-refractivity contribution in [3.8, 4) is 0 Å². The van der Waals surface area contributed by atoms with Crippen LogP contribution in [0.4, 0.5) is 0 Å². The molecule has 2 aromatic heterocycles. The molecule has 1 unspecified atom stereocenters. The lowest BCUT2D eigenvalue weighted by molar-refractivity contribution is 0.160. The Morgan fingerprint density at radius 2 is 2.18 bits per heavy atom. The van der Waals surface area contributed by atoms with Gasteiger partial charge in [0.05, 0.1) is 0 Å². The molecule has 3 rings (SSSR count). The number of aryl methyl sites for hydroxylation is 2. The lowest BCUT2D eigenvalue weighted by atomic mass is 9.98. The van der Waals surface area contributed by atoms with E-state index in [0.29, 0.717) is 5.92 Å². The Balaban J connectivity index is 1.52. The maximum Gasteiger partial charge on any atom is 0.147 e. The van der Waals surface area contributed by atoms with Crippen molar-refractivity contribution in [2.24, 2.45) is 5.92 Å². The second kappa shape index (κ2) is 7.01. The van der Waals surface area contributed by atoms with E-state index in [4.69, 9.17) is 0 Å². The molecule has 5 nitrogen and oxygen atoms in total. The topological polar surface area (TPSA) is 46.8 Å². The van der Waals surface area contributed by atoms with Gasteiger partial charge in [-0.3, -0.25) is 4.98 Å². The van der Waals surface area contributed by atoms with Crippen LogP contribution in [0.15, 0.2) is 24.4 Å². The highest BCUT2D eigenvalue weighted by Gasteiger charge is 2.21. The van der Waals surface area contributed by atoms with Crippen LogP contribution in [-0.4, -0.2) is 44.3 Å². The van der Waals surface area contributed by atoms with Crippen LogP contribution in [0.5, 0.6) is 0 Å². The van der Waals surface area contributed by atoms with Crippen LogP contribution in [0.1, 0.15) is 30.2 Å². The first-order valence-corrected chi connectivity index (χ1v) is 8.21. The van der Waals surface area contributed by atoms with E-state index in [1.54, 1.807) is 0 Å². The summed E-state index contributed by atoms with van der Waals surface area (Å²) in [5, 5.41) is 4.50. The predicted octanol–water partition coefficient (Wildman–Crippen LogP) is 2.24. The number of piperidine rings is 1. The standard InChI is InChI=1S/C17H25N5/c1-14-19-15(2)22(20-14)13-16-6-5-10-21(12-16)11-8-17-7-3-4-9-18-17/h3-4,7,9,16H,5-6,8,10-13H2,1-2H3. The molecular formula is C17H25N5. The third-order valence-corrected chi connectivity index (χ3v) is 4.41. The van der Waals surface area contributed by atoms with E-state index in [-0.39, 0.29) is 0 Å². The van der Waals surface area contributed by atoms with Crippen LogP contribution in [-0.2, 0) is 13.0 Å². The van der Waals surface area contributed by atoms with Gasteiger partial charge in [-0.05, 0) is 51.3 Å². The molecule has 0 bridgehead atoms. The van der Waals surface area contributed by atoms with Crippen LogP contribution in [0, 0.1) is 19.8 Å². The maximum atomic E-state index is 4.50. The molecule has 0 saturated carbocycles. The number of rotatable bonds is 5. The summed E-state index contributed by atoms with van der Waals surface area (Å²) < 4.78 is 2.07. The van der Waals surface area contributed by atoms with Gasteiger partial charge in [-0.2, -0.15) is 5.10 Å². The maximum absolute atomic E-state index is 4.50. The van der Waals surface area contributed by atoms with Crippen molar-refractivity contribution in [1.29, 1.82) is 0 Å². The second-order valence-electron chi connectivity index (χ2n) is 6.27. The summed E-state index contributed by atoms with van der Waals surface area (Å²) >= 11 is 0. The molecule has 0 aromatic carbocycles. The van der Waals surface area contributed by atoms with Gasteiger partial charge in [-0.15, -0.1) is 0 Å². The Bertz CT molecular complexity index is 592. The normalized spacial score (nSPS) is 19.5. The van der Waals surface area contributed by atoms with Gasteiger partial charge in [0, 0.05) is 37.9 Å². The average Bonchev–Trinajstić information content (AvgIpc) is 2.84. The van der Waals surface area contributed by atoms with Gasteiger partial charge in [0.2, 0.25) is 0 Å². The van der Waals surface area contributed by atoms with Gasteiger partial charge in [-0.25, -0.2) is 9.67 Å². The van der Waals surface area contributed by atoms with Crippen LogP contribution in [0.2, 0.25) is 0 Å². The van der Waals surface area contributed by atoms with Crippen molar-refractivity contribution in [2.45, 2.75) is 39.7 Å². The van der Waals surface area contributed by atoms with E-state index < -0.39 is 0 Å². The molecule has 1 fully saturated rings. The van der Waals surface area contributed by atoms with Gasteiger partial charge in [0.15, 0.2) is 0 Å². The summed E-state index contributed by atoms with van der Waals surface area (Å²) in [5.74, 6) is 2.58. The molecule has 1 aliphatic rings. The molecule has 1 saturated heterocycles. The van der Waals surface area contributed by atoms with Crippen molar-refractivity contribution >= 4 is 0 Å². The van der Waals surface area contributed by atoms with Gasteiger partial charge in [0.1, 0.15) is 11.6 Å². The van der Waals surface area contributed by atoms with Crippen molar-refractivity contribution < 1.29 is 0 Å². The smallest absolute Gasteiger partial charge is 0.147 e. The molecule has 0 aliphatic carbocycles. The summed E-state index contributed by atoms with van der Waals surface area (Å²) in [6, 6.07) is 6.16. The Labute approximate surface area is 132 Å². The minimum absolute atomic E-state index is 0.678. The van der Waals surface area contributed by atoms with Crippen molar-refractivity contribution in [3.63, 3.8) is 0 Å². The first-order valence-electron chi connectivity index (χ1n) is 8.21. The molecule has 0 amide bonds. The molecule has 3 heterocycles. The molecule has 1 atom stereocenters. The van der Waals surface area contributed by atoms with E-state index in [1.807, 2.05) is 26.1 Å². The van der Waals surface area contributed by atoms with E-state index in [0.717, 1.165) is 37.7 Å². The van der Waals surface area contributed by atoms with Crippen LogP contribution in [0.25, 0.3) is 0 Å². The molecule has 22 heavy (non-hydrogen) atoms. The molecule has 1 aliphatic heterocycles. The fourth-order valence-corrected chi connectivity index (χ4v) is 3.30. The predicted molar refractivity (Wildman–Crippen MR) is 86.6 cm³/mol. The molecule has 0 spiro atoms. The summed E-state index contributed by atoms with van der Waals surface area (Å²) in [5.41, 5.74) is 1.19. The fraction of sp³-hybridized carbons (Fsp3) is 0.588. The van der Waals surface area contributed by atoms with Gasteiger partial charge < -0.3 is 4.90 Å². The molecule has 118 valence electrons. The van der Waals surface area contributed by atoms with Crippen LogP contribution < -0.4 is 0 Å². The molecule has 2 aromatic rings. The minimum Gasteiger partial charge on any atom is -0.303 e. The van der Waals surface area contributed by atoms with E-state index >= 15 is 0 Å². The number of nitrogens with zero attached hydrogens (tertiary/aromatic N) is 5. The largest absolute Gasteiger partial charge is 0.303 e. The summed E-state index contributed by atoms with van der Waals surface area (Å²) in [6.07, 6.45) is 5.48. The quantitative estimate of drug-likeness (QED) is 0.849. The highest BCUT2D eigenvalue weighted by molar-refractivity contribution is 5.03. The third kappa shape index (κ3) is 3.91. The Morgan fingerprint density at radius 3 is 2.91 bits per heavy atom. The Kier molecular flexibility index (Phi) is 4.83. The zero-order valence-corrected chi connectivity index (χ0v) is 13.6. The molecular weight excluding hydrogens is 274 g/mol. The number of hydrogen-bond acceptors (Lipinski definition) is 4. The average molecular weight is 299 g/mol. The van der Waals surface area contributed by atoms with Crippen molar-refractivity contribution in [1.82, 2.24) is 24.6 Å². The van der Waals surface area contributed by atoms with E-state index in [1.165, 1.54) is 25.1 Å². The van der Waals surface area contributed by atoms with E-state index in [9.17, 15) is 0 Å². The fourth-order valence-electron chi connectivity index (χ4n) is 3.30. The summed E-state index contributed by atoms with van der Waals surface area (Å²) in [4.78, 5) is 11.4. The number of aromatic nitrogens is 4. The summed E-state index contributed by atoms with van der Waals surface area (Å²) in [6.45, 7) is 8.46. The zero-order valence-electron chi connectivity index (χ0n) is 13.6. The van der Waals surface area contributed by atoms with Crippen molar-refractivity contribution in [3.05, 3.63) is 41.7 Å². The molecule has 0 radical (unpaired) electrons. The Morgan fingerprint density at radius 1 is 1.27 bits per heavy atom. The van der Waals surface area contributed by atoms with Crippen molar-refractivity contribution in [2.75, 3.05) is 19.6 Å². The zero-order chi connectivity index (χ0) is 15.4. The first kappa shape index (κ1) is 15.2. The van der Waals surface area contributed by atoms with Crippen LogP contribution >= 0.6 is 0 Å². The molecule has 5 heteroatoms. The third-order valence-electron chi connectivity index (χ3n) is 4.41. The highest BCUT2D eigenvalue weighted by atomic mass is 15.3. The first-order chi connectivity index (χ1) is 10.7. The van der Waals surface area contributed by atoms with Gasteiger partial charge in [-0.1, -0.05) is 6.07 Å². The number of pyridine rings is 1. The lowest BCUT2D eigenvalue weighted by Gasteiger charge is -2.32.